The highest BCUT2D eigenvalue weighted by molar-refractivity contribution is 7.16. The fourth-order valence-electron chi connectivity index (χ4n) is 2.30. The minimum absolute atomic E-state index is 0.112. The summed E-state index contributed by atoms with van der Waals surface area (Å²) in [4.78, 5) is 8.62. The zero-order chi connectivity index (χ0) is 13.5. The maximum atomic E-state index is 4.33. The van der Waals surface area contributed by atoms with E-state index in [0.29, 0.717) is 0 Å². The van der Waals surface area contributed by atoms with Crippen LogP contribution in [0.2, 0.25) is 0 Å². The molecule has 1 aromatic carbocycles. The molecule has 0 saturated heterocycles. The second-order valence-electron chi connectivity index (χ2n) is 5.71. The van der Waals surface area contributed by atoms with Crippen LogP contribution >= 0.6 is 11.3 Å². The maximum Gasteiger partial charge on any atom is 0.0812 e. The molecular weight excluding hydrogens is 252 g/mol. The van der Waals surface area contributed by atoms with Gasteiger partial charge in [0, 0.05) is 18.0 Å². The van der Waals surface area contributed by atoms with E-state index in [2.05, 4.69) is 55.0 Å². The molecule has 2 aromatic heterocycles. The molecule has 96 valence electrons. The van der Waals surface area contributed by atoms with Gasteiger partial charge in [0.25, 0.3) is 0 Å². The number of hydrogen-bond acceptors (Lipinski definition) is 3. The molecule has 0 N–H and O–H groups in total. The molecule has 19 heavy (non-hydrogen) atoms. The molecule has 0 saturated carbocycles. The van der Waals surface area contributed by atoms with Crippen LogP contribution in [0.1, 0.15) is 26.3 Å². The Hall–Kier alpha value is -1.74. The lowest BCUT2D eigenvalue weighted by Gasteiger charge is -2.22. The van der Waals surface area contributed by atoms with E-state index in [9.17, 15) is 0 Å². The Labute approximate surface area is 117 Å². The fourth-order valence-corrected chi connectivity index (χ4v) is 3.02. The van der Waals surface area contributed by atoms with E-state index in [-0.39, 0.29) is 5.41 Å². The average molecular weight is 268 g/mol. The van der Waals surface area contributed by atoms with Crippen LogP contribution in [0.5, 0.6) is 0 Å². The predicted molar refractivity (Wildman–Crippen MR) is 81.6 cm³/mol. The van der Waals surface area contributed by atoms with E-state index in [1.165, 1.54) is 21.4 Å². The lowest BCUT2D eigenvalue weighted by Crippen LogP contribution is -2.12. The lowest BCUT2D eigenvalue weighted by atomic mass is 9.83. The molecule has 3 heteroatoms. The van der Waals surface area contributed by atoms with E-state index in [0.717, 1.165) is 5.52 Å². The van der Waals surface area contributed by atoms with Crippen LogP contribution in [-0.4, -0.2) is 9.97 Å². The minimum Gasteiger partial charge on any atom is -0.264 e. The van der Waals surface area contributed by atoms with Crippen LogP contribution in [0.3, 0.4) is 0 Å². The molecule has 0 amide bonds. The van der Waals surface area contributed by atoms with Crippen LogP contribution in [0.25, 0.3) is 21.3 Å². The third kappa shape index (κ3) is 2.26. The van der Waals surface area contributed by atoms with Gasteiger partial charge in [0.1, 0.15) is 0 Å². The van der Waals surface area contributed by atoms with Crippen molar-refractivity contribution in [1.82, 2.24) is 9.97 Å². The highest BCUT2D eigenvalue weighted by Gasteiger charge is 2.18. The van der Waals surface area contributed by atoms with Crippen molar-refractivity contribution in [2.24, 2.45) is 0 Å². The van der Waals surface area contributed by atoms with E-state index in [4.69, 9.17) is 0 Å². The Morgan fingerprint density at radius 3 is 2.74 bits per heavy atom. The van der Waals surface area contributed by atoms with E-state index < -0.39 is 0 Å². The number of hydrogen-bond donors (Lipinski definition) is 0. The topological polar surface area (TPSA) is 25.8 Å². The van der Waals surface area contributed by atoms with Crippen LogP contribution < -0.4 is 0 Å². The predicted octanol–water partition coefficient (Wildman–Crippen LogP) is 4.66. The largest absolute Gasteiger partial charge is 0.264 e. The van der Waals surface area contributed by atoms with Crippen molar-refractivity contribution in [3.05, 3.63) is 47.7 Å². The Balaban J connectivity index is 2.21. The fraction of sp³-hybridized carbons (Fsp3) is 0.250. The first kappa shape index (κ1) is 12.3. The summed E-state index contributed by atoms with van der Waals surface area (Å²) >= 11 is 1.68. The summed E-state index contributed by atoms with van der Waals surface area (Å²) < 4.78 is 1.22. The quantitative estimate of drug-likeness (QED) is 0.641. The standard InChI is InChI=1S/C16H16N2S/c1-16(2,3)13-6-7-17-9-12(13)11-4-5-14-15(8-11)19-10-18-14/h4-10H,1-3H3. The molecule has 2 nitrogen and oxygen atoms in total. The molecule has 0 aliphatic heterocycles. The van der Waals surface area contributed by atoms with Gasteiger partial charge < -0.3 is 0 Å². The van der Waals surface area contributed by atoms with Gasteiger partial charge in [-0.3, -0.25) is 4.98 Å². The van der Waals surface area contributed by atoms with E-state index in [1.54, 1.807) is 11.3 Å². The summed E-state index contributed by atoms with van der Waals surface area (Å²) in [6.07, 6.45) is 3.83. The van der Waals surface area contributed by atoms with Crippen LogP contribution in [0.4, 0.5) is 0 Å². The van der Waals surface area contributed by atoms with Crippen LogP contribution in [-0.2, 0) is 5.41 Å². The normalized spacial score (nSPS) is 11.9. The number of aromatic nitrogens is 2. The average Bonchev–Trinajstić information content (AvgIpc) is 2.85. The molecule has 0 spiro atoms. The van der Waals surface area contributed by atoms with Crippen molar-refractivity contribution in [3.8, 4) is 11.1 Å². The Morgan fingerprint density at radius 2 is 1.95 bits per heavy atom. The summed E-state index contributed by atoms with van der Waals surface area (Å²) in [5.74, 6) is 0. The van der Waals surface area contributed by atoms with Crippen molar-refractivity contribution in [2.75, 3.05) is 0 Å². The molecular formula is C16H16N2S. The van der Waals surface area contributed by atoms with Crippen LogP contribution in [0.15, 0.2) is 42.2 Å². The molecule has 3 rings (SSSR count). The molecule has 0 fully saturated rings. The molecule has 0 aliphatic rings. The number of fused-ring (bicyclic) bond motifs is 1. The molecule has 0 atom stereocenters. The van der Waals surface area contributed by atoms with Crippen molar-refractivity contribution in [2.45, 2.75) is 26.2 Å². The molecule has 0 unspecified atom stereocenters. The van der Waals surface area contributed by atoms with Crippen molar-refractivity contribution in [1.29, 1.82) is 0 Å². The summed E-state index contributed by atoms with van der Waals surface area (Å²) in [6.45, 7) is 6.70. The molecule has 2 heterocycles. The third-order valence-electron chi connectivity index (χ3n) is 3.27. The second kappa shape index (κ2) is 4.42. The first-order valence-electron chi connectivity index (χ1n) is 6.34. The van der Waals surface area contributed by atoms with Gasteiger partial charge in [0.2, 0.25) is 0 Å². The van der Waals surface area contributed by atoms with Gasteiger partial charge in [-0.05, 0) is 34.7 Å². The van der Waals surface area contributed by atoms with Crippen molar-refractivity contribution >= 4 is 21.6 Å². The monoisotopic (exact) mass is 268 g/mol. The summed E-state index contributed by atoms with van der Waals surface area (Å²) in [5, 5.41) is 0. The van der Waals surface area contributed by atoms with Crippen LogP contribution in [0, 0.1) is 0 Å². The minimum atomic E-state index is 0.112. The molecule has 3 aromatic rings. The van der Waals surface area contributed by atoms with Gasteiger partial charge in [-0.2, -0.15) is 0 Å². The summed E-state index contributed by atoms with van der Waals surface area (Å²) in [7, 11) is 0. The van der Waals surface area contributed by atoms with Gasteiger partial charge in [0.05, 0.1) is 15.7 Å². The first-order chi connectivity index (χ1) is 9.05. The van der Waals surface area contributed by atoms with Gasteiger partial charge in [0.15, 0.2) is 0 Å². The maximum absolute atomic E-state index is 4.33. The summed E-state index contributed by atoms with van der Waals surface area (Å²) in [5.41, 5.74) is 6.82. The zero-order valence-corrected chi connectivity index (χ0v) is 12.2. The second-order valence-corrected chi connectivity index (χ2v) is 6.59. The Kier molecular flexibility index (Phi) is 2.86. The van der Waals surface area contributed by atoms with Crippen molar-refractivity contribution < 1.29 is 0 Å². The number of nitrogens with zero attached hydrogens (tertiary/aromatic N) is 2. The number of thiazole rings is 1. The summed E-state index contributed by atoms with van der Waals surface area (Å²) in [6, 6.07) is 8.54. The van der Waals surface area contributed by atoms with Gasteiger partial charge >= 0.3 is 0 Å². The van der Waals surface area contributed by atoms with Gasteiger partial charge in [-0.15, -0.1) is 11.3 Å². The smallest absolute Gasteiger partial charge is 0.0812 e. The SMILES string of the molecule is CC(C)(C)c1ccncc1-c1ccc2ncsc2c1. The highest BCUT2D eigenvalue weighted by Crippen LogP contribution is 2.33. The third-order valence-corrected chi connectivity index (χ3v) is 4.06. The Bertz CT molecular complexity index is 723. The number of rotatable bonds is 1. The van der Waals surface area contributed by atoms with Gasteiger partial charge in [-0.1, -0.05) is 26.8 Å². The van der Waals surface area contributed by atoms with E-state index >= 15 is 0 Å². The molecule has 0 bridgehead atoms. The zero-order valence-electron chi connectivity index (χ0n) is 11.3. The highest BCUT2D eigenvalue weighted by atomic mass is 32.1. The van der Waals surface area contributed by atoms with E-state index in [1.807, 2.05) is 17.9 Å². The Morgan fingerprint density at radius 1 is 1.11 bits per heavy atom. The molecule has 0 radical (unpaired) electrons. The van der Waals surface area contributed by atoms with Crippen molar-refractivity contribution in [3.63, 3.8) is 0 Å². The van der Waals surface area contributed by atoms with Gasteiger partial charge in [-0.25, -0.2) is 4.98 Å². The molecule has 0 aliphatic carbocycles. The lowest BCUT2D eigenvalue weighted by molar-refractivity contribution is 0.591. The number of pyridine rings is 1. The first-order valence-corrected chi connectivity index (χ1v) is 7.22. The number of benzene rings is 1.